The van der Waals surface area contributed by atoms with E-state index >= 15 is 0 Å². The van der Waals surface area contributed by atoms with Gasteiger partial charge in [0.2, 0.25) is 5.69 Å². The van der Waals surface area contributed by atoms with Crippen molar-refractivity contribution < 1.29 is 9.72 Å². The van der Waals surface area contributed by atoms with E-state index < -0.39 is 4.92 Å². The number of nitrogens with zero attached hydrogens (tertiary/aromatic N) is 5. The van der Waals surface area contributed by atoms with Gasteiger partial charge in [-0.2, -0.15) is 5.10 Å². The molecule has 3 aromatic rings. The summed E-state index contributed by atoms with van der Waals surface area (Å²) >= 11 is 5.13. The van der Waals surface area contributed by atoms with Gasteiger partial charge in [-0.3, -0.25) is 19.6 Å². The molecule has 156 valence electrons. The molecule has 0 aliphatic carbocycles. The molecule has 1 aromatic carbocycles. The van der Waals surface area contributed by atoms with Crippen molar-refractivity contribution in [3.63, 3.8) is 0 Å². The standard InChI is InChI=1S/C20H20BrN5O3S/c1-12-17(26(28)29)18(24(2)23-12)20(27)25-8-6-13(7-9-25)19-22-16(11-30-19)14-4-3-5-15(21)10-14/h3-5,10-11,13H,6-9H2,1-2H3. The number of likely N-dealkylation sites (tertiary alicyclic amines) is 1. The van der Waals surface area contributed by atoms with Gasteiger partial charge < -0.3 is 4.90 Å². The zero-order valence-corrected chi connectivity index (χ0v) is 18.9. The predicted octanol–water partition coefficient (Wildman–Crippen LogP) is 4.54. The Morgan fingerprint density at radius 3 is 2.73 bits per heavy atom. The Kier molecular flexibility index (Phi) is 5.70. The lowest BCUT2D eigenvalue weighted by atomic mass is 9.97. The average molecular weight is 490 g/mol. The minimum Gasteiger partial charge on any atom is -0.337 e. The number of hydrogen-bond acceptors (Lipinski definition) is 6. The Labute approximate surface area is 185 Å². The number of aryl methyl sites for hydroxylation is 2. The summed E-state index contributed by atoms with van der Waals surface area (Å²) in [7, 11) is 1.57. The topological polar surface area (TPSA) is 94.2 Å². The van der Waals surface area contributed by atoms with E-state index in [2.05, 4.69) is 26.4 Å². The van der Waals surface area contributed by atoms with Gasteiger partial charge >= 0.3 is 5.69 Å². The third-order valence-corrected chi connectivity index (χ3v) is 6.85. The molecule has 30 heavy (non-hydrogen) atoms. The molecule has 0 bridgehead atoms. The van der Waals surface area contributed by atoms with Crippen LogP contribution in [0.4, 0.5) is 5.69 Å². The van der Waals surface area contributed by atoms with E-state index in [0.717, 1.165) is 33.6 Å². The van der Waals surface area contributed by atoms with E-state index in [0.29, 0.717) is 13.1 Å². The molecule has 1 fully saturated rings. The number of thiazole rings is 1. The molecular formula is C20H20BrN5O3S. The molecule has 0 atom stereocenters. The summed E-state index contributed by atoms with van der Waals surface area (Å²) in [5.41, 5.74) is 2.11. The number of carbonyl (C=O) groups excluding carboxylic acids is 1. The van der Waals surface area contributed by atoms with Crippen molar-refractivity contribution in [3.8, 4) is 11.3 Å². The first-order valence-electron chi connectivity index (χ1n) is 9.53. The second-order valence-corrected chi connectivity index (χ2v) is 9.12. The lowest BCUT2D eigenvalue weighted by Crippen LogP contribution is -2.39. The van der Waals surface area contributed by atoms with Crippen LogP contribution in [0.3, 0.4) is 0 Å². The van der Waals surface area contributed by atoms with Gasteiger partial charge in [0.15, 0.2) is 0 Å². The normalized spacial score (nSPS) is 14.8. The number of carbonyl (C=O) groups is 1. The molecule has 0 N–H and O–H groups in total. The highest BCUT2D eigenvalue weighted by molar-refractivity contribution is 9.10. The number of amides is 1. The number of hydrogen-bond donors (Lipinski definition) is 0. The van der Waals surface area contributed by atoms with Crippen LogP contribution >= 0.6 is 27.3 Å². The number of rotatable bonds is 4. The fourth-order valence-corrected chi connectivity index (χ4v) is 5.24. The lowest BCUT2D eigenvalue weighted by Gasteiger charge is -2.30. The molecule has 0 radical (unpaired) electrons. The van der Waals surface area contributed by atoms with Crippen LogP contribution in [0.2, 0.25) is 0 Å². The minimum atomic E-state index is -0.526. The maximum Gasteiger partial charge on any atom is 0.322 e. The summed E-state index contributed by atoms with van der Waals surface area (Å²) < 4.78 is 2.33. The molecule has 0 unspecified atom stereocenters. The molecule has 4 rings (SSSR count). The van der Waals surface area contributed by atoms with Crippen LogP contribution < -0.4 is 0 Å². The average Bonchev–Trinajstić information content (AvgIpc) is 3.32. The second-order valence-electron chi connectivity index (χ2n) is 7.31. The monoisotopic (exact) mass is 489 g/mol. The third kappa shape index (κ3) is 3.89. The van der Waals surface area contributed by atoms with E-state index in [1.807, 2.05) is 24.3 Å². The first kappa shape index (κ1) is 20.7. The predicted molar refractivity (Wildman–Crippen MR) is 118 cm³/mol. The van der Waals surface area contributed by atoms with Gasteiger partial charge in [-0.15, -0.1) is 11.3 Å². The summed E-state index contributed by atoms with van der Waals surface area (Å²) in [6.07, 6.45) is 1.56. The highest BCUT2D eigenvalue weighted by Crippen LogP contribution is 2.34. The maximum absolute atomic E-state index is 13.0. The zero-order valence-electron chi connectivity index (χ0n) is 16.5. The maximum atomic E-state index is 13.0. The Bertz CT molecular complexity index is 1120. The first-order valence-corrected chi connectivity index (χ1v) is 11.2. The number of nitro groups is 1. The summed E-state index contributed by atoms with van der Waals surface area (Å²) in [6.45, 7) is 2.62. The van der Waals surface area contributed by atoms with Gasteiger partial charge in [-0.05, 0) is 31.9 Å². The van der Waals surface area contributed by atoms with Crippen LogP contribution in [0.5, 0.6) is 0 Å². The number of piperidine rings is 1. The second kappa shape index (κ2) is 8.27. The van der Waals surface area contributed by atoms with Gasteiger partial charge in [0.1, 0.15) is 5.69 Å². The van der Waals surface area contributed by atoms with Gasteiger partial charge in [-0.25, -0.2) is 4.98 Å². The van der Waals surface area contributed by atoms with Crippen molar-refractivity contribution in [2.45, 2.75) is 25.7 Å². The number of halogens is 1. The van der Waals surface area contributed by atoms with E-state index in [4.69, 9.17) is 4.98 Å². The van der Waals surface area contributed by atoms with Crippen molar-refractivity contribution >= 4 is 38.9 Å². The third-order valence-electron chi connectivity index (χ3n) is 5.35. The molecule has 0 saturated carbocycles. The lowest BCUT2D eigenvalue weighted by molar-refractivity contribution is -0.385. The van der Waals surface area contributed by atoms with Gasteiger partial charge in [0.25, 0.3) is 5.91 Å². The van der Waals surface area contributed by atoms with Crippen LogP contribution in [-0.2, 0) is 7.05 Å². The zero-order chi connectivity index (χ0) is 21.4. The Morgan fingerprint density at radius 2 is 2.07 bits per heavy atom. The van der Waals surface area contributed by atoms with Crippen molar-refractivity contribution in [2.24, 2.45) is 7.05 Å². The van der Waals surface area contributed by atoms with Crippen LogP contribution in [0.15, 0.2) is 34.1 Å². The quantitative estimate of drug-likeness (QED) is 0.395. The summed E-state index contributed by atoms with van der Waals surface area (Å²) in [5.74, 6) is -0.0552. The molecular weight excluding hydrogens is 470 g/mol. The molecule has 1 aliphatic heterocycles. The van der Waals surface area contributed by atoms with Crippen molar-refractivity contribution in [1.82, 2.24) is 19.7 Å². The van der Waals surface area contributed by atoms with Crippen molar-refractivity contribution in [1.29, 1.82) is 0 Å². The molecule has 2 aromatic heterocycles. The summed E-state index contributed by atoms with van der Waals surface area (Å²) in [5, 5.41) is 18.6. The SMILES string of the molecule is Cc1nn(C)c(C(=O)N2CCC(c3nc(-c4cccc(Br)c4)cs3)CC2)c1[N+](=O)[O-]. The van der Waals surface area contributed by atoms with Crippen molar-refractivity contribution in [2.75, 3.05) is 13.1 Å². The van der Waals surface area contributed by atoms with Gasteiger partial charge in [0, 0.05) is 41.5 Å². The number of aromatic nitrogens is 3. The van der Waals surface area contributed by atoms with Crippen molar-refractivity contribution in [3.05, 3.63) is 60.6 Å². The largest absolute Gasteiger partial charge is 0.337 e. The molecule has 1 aliphatic rings. The van der Waals surface area contributed by atoms with E-state index in [9.17, 15) is 14.9 Å². The van der Waals surface area contributed by atoms with Gasteiger partial charge in [-0.1, -0.05) is 28.1 Å². The van der Waals surface area contributed by atoms with Crippen LogP contribution in [0, 0.1) is 17.0 Å². The molecule has 8 nitrogen and oxygen atoms in total. The van der Waals surface area contributed by atoms with Crippen LogP contribution in [0.25, 0.3) is 11.3 Å². The van der Waals surface area contributed by atoms with E-state index in [1.165, 1.54) is 4.68 Å². The molecule has 1 saturated heterocycles. The summed E-state index contributed by atoms with van der Waals surface area (Å²) in [4.78, 5) is 30.3. The number of benzene rings is 1. The molecule has 3 heterocycles. The molecule has 0 spiro atoms. The van der Waals surface area contributed by atoms with E-state index in [-0.39, 0.29) is 28.9 Å². The summed E-state index contributed by atoms with van der Waals surface area (Å²) in [6, 6.07) is 8.05. The molecule has 1 amide bonds. The van der Waals surface area contributed by atoms with Crippen LogP contribution in [0.1, 0.15) is 39.9 Å². The Balaban J connectivity index is 1.46. The highest BCUT2D eigenvalue weighted by atomic mass is 79.9. The van der Waals surface area contributed by atoms with Crippen LogP contribution in [-0.4, -0.2) is 43.6 Å². The van der Waals surface area contributed by atoms with Gasteiger partial charge in [0.05, 0.1) is 15.6 Å². The van der Waals surface area contributed by atoms with E-state index in [1.54, 1.807) is 30.2 Å². The Hall–Kier alpha value is -2.59. The minimum absolute atomic E-state index is 0.0436. The smallest absolute Gasteiger partial charge is 0.322 e. The first-order chi connectivity index (χ1) is 14.3. The fourth-order valence-electron chi connectivity index (χ4n) is 3.84. The molecule has 10 heteroatoms. The highest BCUT2D eigenvalue weighted by Gasteiger charge is 2.34. The Morgan fingerprint density at radius 1 is 1.33 bits per heavy atom. The fraction of sp³-hybridized carbons (Fsp3) is 0.350.